The molecule has 4 nitrogen and oxygen atoms in total. The van der Waals surface area contributed by atoms with Crippen molar-refractivity contribution < 1.29 is 4.92 Å². The molecule has 3 atom stereocenters. The molecule has 112 valence electrons. The minimum Gasteiger partial charge on any atom is -0.308 e. The molecule has 3 unspecified atom stereocenters. The highest BCUT2D eigenvalue weighted by Crippen LogP contribution is 2.24. The van der Waals surface area contributed by atoms with E-state index in [2.05, 4.69) is 33.0 Å². The van der Waals surface area contributed by atoms with E-state index in [4.69, 9.17) is 0 Å². The topological polar surface area (TPSA) is 55.2 Å². The Kier molecular flexibility index (Phi) is 6.14. The van der Waals surface area contributed by atoms with Gasteiger partial charge in [0.25, 0.3) is 5.69 Å². The molecular formula is C16H26N2O2. The van der Waals surface area contributed by atoms with Crippen LogP contribution >= 0.6 is 0 Å². The molecule has 0 aliphatic heterocycles. The van der Waals surface area contributed by atoms with Gasteiger partial charge in [0.05, 0.1) is 4.92 Å². The maximum absolute atomic E-state index is 11.0. The summed E-state index contributed by atoms with van der Waals surface area (Å²) in [5, 5.41) is 14.5. The van der Waals surface area contributed by atoms with Crippen molar-refractivity contribution in [3.8, 4) is 0 Å². The molecule has 20 heavy (non-hydrogen) atoms. The van der Waals surface area contributed by atoms with Crippen molar-refractivity contribution in [2.45, 2.75) is 59.5 Å². The first-order valence-electron chi connectivity index (χ1n) is 7.36. The average Bonchev–Trinajstić information content (AvgIpc) is 2.38. The van der Waals surface area contributed by atoms with E-state index in [9.17, 15) is 10.1 Å². The predicted molar refractivity (Wildman–Crippen MR) is 82.9 cm³/mol. The van der Waals surface area contributed by atoms with Gasteiger partial charge >= 0.3 is 0 Å². The van der Waals surface area contributed by atoms with Gasteiger partial charge in [0.15, 0.2) is 0 Å². The average molecular weight is 278 g/mol. The van der Waals surface area contributed by atoms with Gasteiger partial charge in [-0.1, -0.05) is 32.4 Å². The van der Waals surface area contributed by atoms with E-state index in [1.807, 2.05) is 12.1 Å². The van der Waals surface area contributed by atoms with Gasteiger partial charge in [-0.15, -0.1) is 0 Å². The first-order chi connectivity index (χ1) is 9.35. The summed E-state index contributed by atoms with van der Waals surface area (Å²) < 4.78 is 0. The molecule has 1 aromatic rings. The maximum Gasteiger partial charge on any atom is 0.272 e. The number of hydrogen-bond acceptors (Lipinski definition) is 3. The zero-order valence-electron chi connectivity index (χ0n) is 13.1. The highest BCUT2D eigenvalue weighted by atomic mass is 16.6. The molecule has 4 heteroatoms. The third-order valence-corrected chi connectivity index (χ3v) is 3.92. The highest BCUT2D eigenvalue weighted by Gasteiger charge is 2.16. The van der Waals surface area contributed by atoms with E-state index in [0.717, 1.165) is 12.0 Å². The van der Waals surface area contributed by atoms with E-state index in [-0.39, 0.29) is 16.7 Å². The summed E-state index contributed by atoms with van der Waals surface area (Å²) in [5.74, 6) is 0.692. The first kappa shape index (κ1) is 16.6. The molecule has 1 aromatic carbocycles. The number of nitro groups is 1. The number of aryl methyl sites for hydroxylation is 1. The number of rotatable bonds is 7. The smallest absolute Gasteiger partial charge is 0.272 e. The molecule has 1 rings (SSSR count). The molecule has 0 fully saturated rings. The summed E-state index contributed by atoms with van der Waals surface area (Å²) in [6.45, 7) is 10.4. The Hall–Kier alpha value is -1.42. The fraction of sp³-hybridized carbons (Fsp3) is 0.625. The van der Waals surface area contributed by atoms with Crippen LogP contribution in [0.5, 0.6) is 0 Å². The Morgan fingerprint density at radius 1 is 1.30 bits per heavy atom. The molecule has 0 heterocycles. The van der Waals surface area contributed by atoms with Gasteiger partial charge in [-0.3, -0.25) is 10.1 Å². The summed E-state index contributed by atoms with van der Waals surface area (Å²) in [5.41, 5.74) is 1.88. The lowest BCUT2D eigenvalue weighted by Crippen LogP contribution is -2.30. The van der Waals surface area contributed by atoms with Crippen LogP contribution in [0.4, 0.5) is 5.69 Å². The van der Waals surface area contributed by atoms with Crippen molar-refractivity contribution >= 4 is 5.69 Å². The zero-order valence-corrected chi connectivity index (χ0v) is 13.1. The van der Waals surface area contributed by atoms with Gasteiger partial charge in [0, 0.05) is 23.7 Å². The Balaban J connectivity index is 2.75. The molecule has 0 amide bonds. The molecule has 0 aromatic heterocycles. The molecule has 0 spiro atoms. The van der Waals surface area contributed by atoms with Gasteiger partial charge < -0.3 is 5.32 Å². The monoisotopic (exact) mass is 278 g/mol. The van der Waals surface area contributed by atoms with Crippen molar-refractivity contribution in [3.05, 3.63) is 39.4 Å². The lowest BCUT2D eigenvalue weighted by atomic mass is 9.98. The van der Waals surface area contributed by atoms with Crippen LogP contribution in [-0.2, 0) is 0 Å². The number of hydrogen-bond donors (Lipinski definition) is 1. The van der Waals surface area contributed by atoms with Crippen LogP contribution < -0.4 is 5.32 Å². The molecule has 0 aliphatic rings. The number of nitrogens with one attached hydrogen (secondary N) is 1. The summed E-state index contributed by atoms with van der Waals surface area (Å²) in [6.07, 6.45) is 2.30. The van der Waals surface area contributed by atoms with Gasteiger partial charge in [-0.25, -0.2) is 0 Å². The molecule has 0 radical (unpaired) electrons. The minimum absolute atomic E-state index is 0.119. The van der Waals surface area contributed by atoms with Crippen LogP contribution in [-0.4, -0.2) is 11.0 Å². The van der Waals surface area contributed by atoms with Crippen LogP contribution in [0.1, 0.15) is 57.7 Å². The number of nitrogens with zero attached hydrogens (tertiary/aromatic N) is 1. The minimum atomic E-state index is -0.311. The molecule has 1 N–H and O–H groups in total. The third kappa shape index (κ3) is 4.60. The van der Waals surface area contributed by atoms with Crippen LogP contribution in [0.2, 0.25) is 0 Å². The standard InChI is InChI=1S/C16H26N2O2/c1-6-11(2)9-13(4)17-14(5)15-8-7-12(3)16(10-15)18(19)20/h7-8,10-11,13-14,17H,6,9H2,1-5H3. The summed E-state index contributed by atoms with van der Waals surface area (Å²) >= 11 is 0. The van der Waals surface area contributed by atoms with Crippen LogP contribution in [0, 0.1) is 23.0 Å². The Labute approximate surface area is 121 Å². The van der Waals surface area contributed by atoms with Crippen molar-refractivity contribution in [3.63, 3.8) is 0 Å². The number of benzene rings is 1. The van der Waals surface area contributed by atoms with Crippen LogP contribution in [0.25, 0.3) is 0 Å². The Morgan fingerprint density at radius 2 is 1.95 bits per heavy atom. The Bertz CT molecular complexity index is 460. The Morgan fingerprint density at radius 3 is 2.50 bits per heavy atom. The summed E-state index contributed by atoms with van der Waals surface area (Å²) in [6, 6.07) is 6.00. The third-order valence-electron chi connectivity index (χ3n) is 3.92. The fourth-order valence-corrected chi connectivity index (χ4v) is 2.45. The van der Waals surface area contributed by atoms with E-state index < -0.39 is 0 Å². The van der Waals surface area contributed by atoms with Gasteiger partial charge in [-0.05, 0) is 38.7 Å². The SMILES string of the molecule is CCC(C)CC(C)NC(C)c1ccc(C)c([N+](=O)[O-])c1. The second kappa shape index (κ2) is 7.39. The molecule has 0 saturated heterocycles. The highest BCUT2D eigenvalue weighted by molar-refractivity contribution is 5.43. The van der Waals surface area contributed by atoms with Gasteiger partial charge in [0.2, 0.25) is 0 Å². The van der Waals surface area contributed by atoms with Crippen molar-refractivity contribution in [2.75, 3.05) is 0 Å². The normalized spacial score (nSPS) is 15.7. The van der Waals surface area contributed by atoms with E-state index in [1.54, 1.807) is 13.0 Å². The quantitative estimate of drug-likeness (QED) is 0.595. The van der Waals surface area contributed by atoms with Crippen molar-refractivity contribution in [2.24, 2.45) is 5.92 Å². The summed E-state index contributed by atoms with van der Waals surface area (Å²) in [7, 11) is 0. The molecule has 0 saturated carbocycles. The fourth-order valence-electron chi connectivity index (χ4n) is 2.45. The van der Waals surface area contributed by atoms with Crippen molar-refractivity contribution in [1.29, 1.82) is 0 Å². The van der Waals surface area contributed by atoms with Crippen molar-refractivity contribution in [1.82, 2.24) is 5.32 Å². The number of nitro benzene ring substituents is 1. The van der Waals surface area contributed by atoms with Gasteiger partial charge in [0.1, 0.15) is 0 Å². The van der Waals surface area contributed by atoms with Crippen LogP contribution in [0.15, 0.2) is 18.2 Å². The summed E-state index contributed by atoms with van der Waals surface area (Å²) in [4.78, 5) is 10.7. The van der Waals surface area contributed by atoms with E-state index in [1.165, 1.54) is 6.42 Å². The van der Waals surface area contributed by atoms with Gasteiger partial charge in [-0.2, -0.15) is 0 Å². The maximum atomic E-state index is 11.0. The van der Waals surface area contributed by atoms with E-state index >= 15 is 0 Å². The zero-order chi connectivity index (χ0) is 15.3. The van der Waals surface area contributed by atoms with Crippen LogP contribution in [0.3, 0.4) is 0 Å². The first-order valence-corrected chi connectivity index (χ1v) is 7.36. The second-order valence-corrected chi connectivity index (χ2v) is 5.84. The molecule has 0 aliphatic carbocycles. The molecular weight excluding hydrogens is 252 g/mol. The second-order valence-electron chi connectivity index (χ2n) is 5.84. The largest absolute Gasteiger partial charge is 0.308 e. The predicted octanol–water partition coefficient (Wildman–Crippen LogP) is 4.38. The lowest BCUT2D eigenvalue weighted by molar-refractivity contribution is -0.385. The van der Waals surface area contributed by atoms with E-state index in [0.29, 0.717) is 17.5 Å². The lowest BCUT2D eigenvalue weighted by Gasteiger charge is -2.22. The molecule has 0 bridgehead atoms.